The highest BCUT2D eigenvalue weighted by molar-refractivity contribution is 9.10. The van der Waals surface area contributed by atoms with Crippen LogP contribution in [-0.2, 0) is 6.54 Å². The summed E-state index contributed by atoms with van der Waals surface area (Å²) in [5, 5.41) is 21.8. The van der Waals surface area contributed by atoms with Crippen LogP contribution in [0.1, 0.15) is 28.5 Å². The van der Waals surface area contributed by atoms with Crippen molar-refractivity contribution in [3.05, 3.63) is 104 Å². The molecule has 0 aliphatic rings. The molecule has 0 spiro atoms. The number of carbonyl (C=O) groups excluding carboxylic acids is 1. The smallest absolute Gasteiger partial charge is 0.265 e. The molecular formula is C23H18BrN5O3. The molecule has 0 saturated carbocycles. The molecule has 0 unspecified atom stereocenters. The van der Waals surface area contributed by atoms with E-state index in [0.717, 1.165) is 26.4 Å². The van der Waals surface area contributed by atoms with Gasteiger partial charge in [0.25, 0.3) is 5.91 Å². The second-order valence-electron chi connectivity index (χ2n) is 7.14. The first-order chi connectivity index (χ1) is 15.4. The topological polar surface area (TPSA) is 102 Å². The first-order valence-corrected chi connectivity index (χ1v) is 10.5. The second kappa shape index (κ2) is 9.11. The van der Waals surface area contributed by atoms with Crippen LogP contribution in [0.4, 0.5) is 5.69 Å². The zero-order valence-corrected chi connectivity index (χ0v) is 18.6. The number of hydrazone groups is 1. The lowest BCUT2D eigenvalue weighted by atomic mass is 10.0. The number of nitrogens with zero attached hydrogens (tertiary/aromatic N) is 4. The van der Waals surface area contributed by atoms with E-state index in [1.54, 1.807) is 6.92 Å². The maximum Gasteiger partial charge on any atom is 0.320 e. The summed E-state index contributed by atoms with van der Waals surface area (Å²) in [5.74, 6) is -0.744. The van der Waals surface area contributed by atoms with Crippen molar-refractivity contribution in [2.24, 2.45) is 5.10 Å². The van der Waals surface area contributed by atoms with Gasteiger partial charge < -0.3 is 0 Å². The Morgan fingerprint density at radius 2 is 1.84 bits per heavy atom. The van der Waals surface area contributed by atoms with E-state index in [0.29, 0.717) is 12.3 Å². The van der Waals surface area contributed by atoms with Gasteiger partial charge >= 0.3 is 5.69 Å². The zero-order valence-electron chi connectivity index (χ0n) is 17.0. The first kappa shape index (κ1) is 21.4. The van der Waals surface area contributed by atoms with Gasteiger partial charge in [-0.1, -0.05) is 64.5 Å². The van der Waals surface area contributed by atoms with Crippen molar-refractivity contribution in [2.75, 3.05) is 0 Å². The van der Waals surface area contributed by atoms with Gasteiger partial charge in [0, 0.05) is 4.47 Å². The van der Waals surface area contributed by atoms with E-state index < -0.39 is 10.8 Å². The molecule has 0 fully saturated rings. The SMILES string of the molecule is C/C(=N\NC(=O)c1nn(Cc2ccc(Br)cc2)cc1[N+](=O)[O-])c1ccc2ccccc2c1. The van der Waals surface area contributed by atoms with Crippen molar-refractivity contribution in [3.63, 3.8) is 0 Å². The van der Waals surface area contributed by atoms with Crippen LogP contribution in [0.3, 0.4) is 0 Å². The van der Waals surface area contributed by atoms with Crippen LogP contribution in [0, 0.1) is 10.1 Å². The number of aromatic nitrogens is 2. The van der Waals surface area contributed by atoms with Gasteiger partial charge in [0.1, 0.15) is 6.20 Å². The average molecular weight is 492 g/mol. The van der Waals surface area contributed by atoms with E-state index in [4.69, 9.17) is 0 Å². The van der Waals surface area contributed by atoms with Gasteiger partial charge in [0.15, 0.2) is 0 Å². The molecule has 1 aromatic heterocycles. The molecule has 1 amide bonds. The molecule has 0 aliphatic heterocycles. The third kappa shape index (κ3) is 4.73. The largest absolute Gasteiger partial charge is 0.320 e. The summed E-state index contributed by atoms with van der Waals surface area (Å²) < 4.78 is 2.29. The molecule has 9 heteroatoms. The Morgan fingerprint density at radius 1 is 1.12 bits per heavy atom. The summed E-state index contributed by atoms with van der Waals surface area (Å²) in [4.78, 5) is 23.4. The molecule has 160 valence electrons. The highest BCUT2D eigenvalue weighted by Crippen LogP contribution is 2.19. The number of rotatable bonds is 6. The number of benzene rings is 3. The molecule has 8 nitrogen and oxygen atoms in total. The number of nitro groups is 1. The number of fused-ring (bicyclic) bond motifs is 1. The number of halogens is 1. The molecule has 0 radical (unpaired) electrons. The highest BCUT2D eigenvalue weighted by Gasteiger charge is 2.25. The minimum Gasteiger partial charge on any atom is -0.265 e. The van der Waals surface area contributed by atoms with Crippen molar-refractivity contribution in [1.29, 1.82) is 0 Å². The fourth-order valence-corrected chi connectivity index (χ4v) is 3.49. The molecule has 4 aromatic rings. The van der Waals surface area contributed by atoms with Crippen molar-refractivity contribution >= 4 is 44.0 Å². The van der Waals surface area contributed by atoms with E-state index in [1.165, 1.54) is 10.9 Å². The third-order valence-corrected chi connectivity index (χ3v) is 5.43. The zero-order chi connectivity index (χ0) is 22.7. The molecule has 0 bridgehead atoms. The predicted molar refractivity (Wildman–Crippen MR) is 126 cm³/mol. The predicted octanol–water partition coefficient (Wildman–Crippen LogP) is 4.91. The summed E-state index contributed by atoms with van der Waals surface area (Å²) >= 11 is 3.37. The molecule has 4 rings (SSSR count). The fraction of sp³-hybridized carbons (Fsp3) is 0.0870. The van der Waals surface area contributed by atoms with Gasteiger partial charge in [-0.05, 0) is 47.0 Å². The van der Waals surface area contributed by atoms with Crippen molar-refractivity contribution in [3.8, 4) is 0 Å². The standard InChI is InChI=1S/C23H18BrN5O3/c1-15(18-9-8-17-4-2-3-5-19(17)12-18)25-26-23(30)22-21(29(31)32)14-28(27-22)13-16-6-10-20(24)11-7-16/h2-12,14H,13H2,1H3,(H,26,30)/b25-15+. The lowest BCUT2D eigenvalue weighted by molar-refractivity contribution is -0.385. The Kier molecular flexibility index (Phi) is 6.09. The summed E-state index contributed by atoms with van der Waals surface area (Å²) in [5.41, 5.74) is 4.02. The highest BCUT2D eigenvalue weighted by atomic mass is 79.9. The monoisotopic (exact) mass is 491 g/mol. The Hall–Kier alpha value is -3.85. The van der Waals surface area contributed by atoms with Crippen molar-refractivity contribution in [1.82, 2.24) is 15.2 Å². The number of hydrogen-bond donors (Lipinski definition) is 1. The molecule has 0 aliphatic carbocycles. The van der Waals surface area contributed by atoms with Gasteiger partial charge in [-0.15, -0.1) is 0 Å². The van der Waals surface area contributed by atoms with E-state index >= 15 is 0 Å². The van der Waals surface area contributed by atoms with E-state index in [2.05, 4.69) is 31.6 Å². The number of hydrogen-bond acceptors (Lipinski definition) is 5. The maximum atomic E-state index is 12.6. The minimum atomic E-state index is -0.744. The Morgan fingerprint density at radius 3 is 2.56 bits per heavy atom. The fourth-order valence-electron chi connectivity index (χ4n) is 3.23. The Labute approximate surface area is 191 Å². The number of nitrogens with one attached hydrogen (secondary N) is 1. The number of amides is 1. The van der Waals surface area contributed by atoms with Crippen molar-refractivity contribution < 1.29 is 9.72 Å². The normalized spacial score (nSPS) is 11.5. The second-order valence-corrected chi connectivity index (χ2v) is 8.06. The molecule has 0 atom stereocenters. The van der Waals surface area contributed by atoms with Gasteiger partial charge in [0.05, 0.1) is 17.2 Å². The average Bonchev–Trinajstić information content (AvgIpc) is 3.22. The Bertz CT molecular complexity index is 1350. The van der Waals surface area contributed by atoms with Crippen molar-refractivity contribution in [2.45, 2.75) is 13.5 Å². The summed E-state index contributed by atoms with van der Waals surface area (Å²) in [6.45, 7) is 2.05. The molecule has 1 N–H and O–H groups in total. The van der Waals surface area contributed by atoms with E-state index in [9.17, 15) is 14.9 Å². The van der Waals surface area contributed by atoms with E-state index in [1.807, 2.05) is 66.7 Å². The molecule has 32 heavy (non-hydrogen) atoms. The van der Waals surface area contributed by atoms with Crippen LogP contribution in [0.25, 0.3) is 10.8 Å². The molecule has 0 saturated heterocycles. The lowest BCUT2D eigenvalue weighted by Gasteiger charge is -2.04. The number of carbonyl (C=O) groups is 1. The maximum absolute atomic E-state index is 12.6. The van der Waals surface area contributed by atoms with E-state index in [-0.39, 0.29) is 11.4 Å². The van der Waals surface area contributed by atoms with Crippen LogP contribution in [0.2, 0.25) is 0 Å². The van der Waals surface area contributed by atoms with Crippen LogP contribution < -0.4 is 5.43 Å². The molecule has 1 heterocycles. The summed E-state index contributed by atoms with van der Waals surface area (Å²) in [6.07, 6.45) is 1.25. The molecular weight excluding hydrogens is 474 g/mol. The van der Waals surface area contributed by atoms with Gasteiger partial charge in [-0.3, -0.25) is 19.6 Å². The van der Waals surface area contributed by atoms with Gasteiger partial charge in [-0.25, -0.2) is 5.43 Å². The molecule has 3 aromatic carbocycles. The Balaban J connectivity index is 1.54. The van der Waals surface area contributed by atoms with Crippen LogP contribution in [0.15, 0.2) is 82.5 Å². The van der Waals surface area contributed by atoms with Gasteiger partial charge in [0.2, 0.25) is 5.69 Å². The van der Waals surface area contributed by atoms with Crippen LogP contribution >= 0.6 is 15.9 Å². The van der Waals surface area contributed by atoms with Crippen LogP contribution in [0.5, 0.6) is 0 Å². The lowest BCUT2D eigenvalue weighted by Crippen LogP contribution is -2.21. The summed E-state index contributed by atoms with van der Waals surface area (Å²) in [6, 6.07) is 21.2. The van der Waals surface area contributed by atoms with Gasteiger partial charge in [-0.2, -0.15) is 10.2 Å². The minimum absolute atomic E-state index is 0.290. The quantitative estimate of drug-likeness (QED) is 0.235. The first-order valence-electron chi connectivity index (χ1n) is 9.71. The van der Waals surface area contributed by atoms with Crippen LogP contribution in [-0.4, -0.2) is 26.3 Å². The third-order valence-electron chi connectivity index (χ3n) is 4.90. The summed E-state index contributed by atoms with van der Waals surface area (Å²) in [7, 11) is 0.